The van der Waals surface area contributed by atoms with E-state index in [-0.39, 0.29) is 11.6 Å². The first-order chi connectivity index (χ1) is 13.5. The first kappa shape index (κ1) is 18.8. The van der Waals surface area contributed by atoms with Crippen LogP contribution in [0.25, 0.3) is 22.5 Å². The molecule has 4 aromatic rings. The van der Waals surface area contributed by atoms with Gasteiger partial charge in [-0.05, 0) is 82.2 Å². The SMILES string of the molecule is Fc1ccc(-c2nn(Cc3ccc(Cl)cc3)c(-c3ccc(F)cc3)c2Br)cc1. The van der Waals surface area contributed by atoms with Crippen LogP contribution in [-0.4, -0.2) is 9.78 Å². The number of hydrogen-bond acceptors (Lipinski definition) is 1. The summed E-state index contributed by atoms with van der Waals surface area (Å²) in [6, 6.07) is 19.9. The van der Waals surface area contributed by atoms with Gasteiger partial charge in [-0.15, -0.1) is 0 Å². The summed E-state index contributed by atoms with van der Waals surface area (Å²) >= 11 is 9.63. The Hall–Kier alpha value is -2.50. The van der Waals surface area contributed by atoms with Crippen molar-refractivity contribution in [2.45, 2.75) is 6.54 Å². The van der Waals surface area contributed by atoms with Gasteiger partial charge in [0.1, 0.15) is 17.3 Å². The molecule has 4 rings (SSSR count). The molecule has 0 amide bonds. The molecule has 140 valence electrons. The Morgan fingerprint density at radius 1 is 0.786 bits per heavy atom. The van der Waals surface area contributed by atoms with Gasteiger partial charge in [0.05, 0.1) is 16.7 Å². The molecule has 0 spiro atoms. The molecule has 0 fully saturated rings. The number of hydrogen-bond donors (Lipinski definition) is 0. The molecule has 1 heterocycles. The van der Waals surface area contributed by atoms with E-state index in [1.165, 1.54) is 24.3 Å². The van der Waals surface area contributed by atoms with Crippen molar-refractivity contribution in [1.29, 1.82) is 0 Å². The summed E-state index contributed by atoms with van der Waals surface area (Å²) in [5.74, 6) is -0.610. The zero-order chi connectivity index (χ0) is 19.7. The second-order valence-corrected chi connectivity index (χ2v) is 7.54. The van der Waals surface area contributed by atoms with E-state index in [1.54, 1.807) is 24.3 Å². The average Bonchev–Trinajstić information content (AvgIpc) is 3.01. The van der Waals surface area contributed by atoms with Crippen molar-refractivity contribution in [3.63, 3.8) is 0 Å². The molecule has 0 saturated heterocycles. The second kappa shape index (κ2) is 7.86. The maximum Gasteiger partial charge on any atom is 0.123 e. The fraction of sp³-hybridized carbons (Fsp3) is 0.0455. The summed E-state index contributed by atoms with van der Waals surface area (Å²) in [5.41, 5.74) is 4.13. The summed E-state index contributed by atoms with van der Waals surface area (Å²) in [7, 11) is 0. The summed E-state index contributed by atoms with van der Waals surface area (Å²) in [6.45, 7) is 0.504. The smallest absolute Gasteiger partial charge is 0.123 e. The maximum atomic E-state index is 13.4. The standard InChI is InChI=1S/C22H14BrClF2N2/c23-20-21(15-3-9-18(25)10-4-15)27-28(13-14-1-7-17(24)8-2-14)22(20)16-5-11-19(26)12-6-16/h1-12H,13H2. The van der Waals surface area contributed by atoms with E-state index in [2.05, 4.69) is 15.9 Å². The van der Waals surface area contributed by atoms with E-state index in [1.807, 2.05) is 28.9 Å². The van der Waals surface area contributed by atoms with Crippen LogP contribution in [0.15, 0.2) is 77.3 Å². The van der Waals surface area contributed by atoms with E-state index < -0.39 is 0 Å². The number of halogens is 4. The molecule has 2 nitrogen and oxygen atoms in total. The summed E-state index contributed by atoms with van der Waals surface area (Å²) in [4.78, 5) is 0. The molecule has 28 heavy (non-hydrogen) atoms. The molecule has 0 N–H and O–H groups in total. The van der Waals surface area contributed by atoms with Gasteiger partial charge in [0.2, 0.25) is 0 Å². The predicted molar refractivity (Wildman–Crippen MR) is 111 cm³/mol. The Labute approximate surface area is 174 Å². The Morgan fingerprint density at radius 2 is 1.32 bits per heavy atom. The summed E-state index contributed by atoms with van der Waals surface area (Å²) in [6.07, 6.45) is 0. The Balaban J connectivity index is 1.84. The predicted octanol–water partition coefficient (Wildman–Crippen LogP) is 6.96. The molecule has 0 saturated carbocycles. The van der Waals surface area contributed by atoms with Crippen LogP contribution in [0.3, 0.4) is 0 Å². The van der Waals surface area contributed by atoms with Crippen LogP contribution >= 0.6 is 27.5 Å². The van der Waals surface area contributed by atoms with Crippen molar-refractivity contribution < 1.29 is 8.78 Å². The topological polar surface area (TPSA) is 17.8 Å². The largest absolute Gasteiger partial charge is 0.259 e. The first-order valence-electron chi connectivity index (χ1n) is 8.54. The van der Waals surface area contributed by atoms with Gasteiger partial charge in [0, 0.05) is 16.1 Å². The third-order valence-electron chi connectivity index (χ3n) is 4.38. The normalized spacial score (nSPS) is 11.0. The third kappa shape index (κ3) is 3.86. The minimum absolute atomic E-state index is 0.303. The highest BCUT2D eigenvalue weighted by atomic mass is 79.9. The lowest BCUT2D eigenvalue weighted by Crippen LogP contribution is -2.04. The lowest BCUT2D eigenvalue weighted by Gasteiger charge is -2.09. The summed E-state index contributed by atoms with van der Waals surface area (Å²) in [5, 5.41) is 5.41. The molecule has 0 atom stereocenters. The highest BCUT2D eigenvalue weighted by Gasteiger charge is 2.19. The van der Waals surface area contributed by atoms with E-state index in [0.29, 0.717) is 17.3 Å². The van der Waals surface area contributed by atoms with Crippen LogP contribution in [0, 0.1) is 11.6 Å². The fourth-order valence-corrected chi connectivity index (χ4v) is 3.86. The van der Waals surface area contributed by atoms with Crippen LogP contribution in [0.1, 0.15) is 5.56 Å². The van der Waals surface area contributed by atoms with Crippen LogP contribution in [0.5, 0.6) is 0 Å². The number of benzene rings is 3. The molecule has 0 aliphatic heterocycles. The van der Waals surface area contributed by atoms with Crippen molar-refractivity contribution in [3.05, 3.63) is 99.5 Å². The van der Waals surface area contributed by atoms with Gasteiger partial charge in [-0.1, -0.05) is 23.7 Å². The minimum atomic E-state index is -0.306. The van der Waals surface area contributed by atoms with Crippen molar-refractivity contribution >= 4 is 27.5 Å². The van der Waals surface area contributed by atoms with E-state index >= 15 is 0 Å². The molecule has 0 aliphatic carbocycles. The molecule has 0 unspecified atom stereocenters. The highest BCUT2D eigenvalue weighted by molar-refractivity contribution is 9.10. The average molecular weight is 460 g/mol. The van der Waals surface area contributed by atoms with Gasteiger partial charge in [0.15, 0.2) is 0 Å². The van der Waals surface area contributed by atoms with Crippen molar-refractivity contribution in [1.82, 2.24) is 9.78 Å². The zero-order valence-electron chi connectivity index (χ0n) is 14.5. The first-order valence-corrected chi connectivity index (χ1v) is 9.71. The van der Waals surface area contributed by atoms with Gasteiger partial charge in [-0.25, -0.2) is 8.78 Å². The monoisotopic (exact) mass is 458 g/mol. The van der Waals surface area contributed by atoms with E-state index in [0.717, 1.165) is 26.9 Å². The molecular formula is C22H14BrClF2N2. The zero-order valence-corrected chi connectivity index (χ0v) is 16.9. The lowest BCUT2D eigenvalue weighted by atomic mass is 10.1. The molecule has 6 heteroatoms. The maximum absolute atomic E-state index is 13.4. The van der Waals surface area contributed by atoms with Crippen molar-refractivity contribution in [2.24, 2.45) is 0 Å². The second-order valence-electron chi connectivity index (χ2n) is 6.31. The Bertz CT molecular complexity index is 1110. The van der Waals surface area contributed by atoms with Crippen LogP contribution in [0.2, 0.25) is 5.02 Å². The van der Waals surface area contributed by atoms with Gasteiger partial charge in [-0.2, -0.15) is 5.10 Å². The van der Waals surface area contributed by atoms with Gasteiger partial charge in [-0.3, -0.25) is 4.68 Å². The Morgan fingerprint density at radius 3 is 1.89 bits per heavy atom. The summed E-state index contributed by atoms with van der Waals surface area (Å²) < 4.78 is 29.4. The van der Waals surface area contributed by atoms with Crippen molar-refractivity contribution in [2.75, 3.05) is 0 Å². The third-order valence-corrected chi connectivity index (χ3v) is 5.38. The van der Waals surface area contributed by atoms with Gasteiger partial charge in [0.25, 0.3) is 0 Å². The Kier molecular flexibility index (Phi) is 5.29. The van der Waals surface area contributed by atoms with E-state index in [9.17, 15) is 8.78 Å². The quantitative estimate of drug-likeness (QED) is 0.322. The number of nitrogens with zero attached hydrogens (tertiary/aromatic N) is 2. The highest BCUT2D eigenvalue weighted by Crippen LogP contribution is 2.37. The van der Waals surface area contributed by atoms with Crippen LogP contribution < -0.4 is 0 Å². The molecule has 1 aromatic heterocycles. The molecule has 0 bridgehead atoms. The minimum Gasteiger partial charge on any atom is -0.259 e. The lowest BCUT2D eigenvalue weighted by molar-refractivity contribution is 0.627. The molecule has 0 radical (unpaired) electrons. The van der Waals surface area contributed by atoms with Gasteiger partial charge >= 0.3 is 0 Å². The van der Waals surface area contributed by atoms with Gasteiger partial charge < -0.3 is 0 Å². The van der Waals surface area contributed by atoms with Crippen LogP contribution in [-0.2, 0) is 6.54 Å². The molecule has 3 aromatic carbocycles. The van der Waals surface area contributed by atoms with Crippen molar-refractivity contribution in [3.8, 4) is 22.5 Å². The van der Waals surface area contributed by atoms with E-state index in [4.69, 9.17) is 16.7 Å². The van der Waals surface area contributed by atoms with Crippen LogP contribution in [0.4, 0.5) is 8.78 Å². The number of rotatable bonds is 4. The number of aromatic nitrogens is 2. The molecular weight excluding hydrogens is 446 g/mol. The molecule has 0 aliphatic rings. The fourth-order valence-electron chi connectivity index (χ4n) is 2.99.